The number of carbonyl (C=O) groups excluding carboxylic acids is 1. The van der Waals surface area contributed by atoms with E-state index in [4.69, 9.17) is 23.2 Å². The van der Waals surface area contributed by atoms with Gasteiger partial charge < -0.3 is 5.32 Å². The van der Waals surface area contributed by atoms with Crippen LogP contribution in [0.5, 0.6) is 0 Å². The lowest BCUT2D eigenvalue weighted by Crippen LogP contribution is -2.37. The van der Waals surface area contributed by atoms with E-state index in [1.54, 1.807) is 24.3 Å². The van der Waals surface area contributed by atoms with E-state index in [1.807, 2.05) is 6.07 Å². The summed E-state index contributed by atoms with van der Waals surface area (Å²) in [7, 11) is 0. The minimum atomic E-state index is -0.0337. The molecule has 2 fully saturated rings. The Bertz CT molecular complexity index is 555. The second kappa shape index (κ2) is 5.79. The fraction of sp³-hybridized carbons (Fsp3) is 0.438. The van der Waals surface area contributed by atoms with E-state index >= 15 is 0 Å². The Morgan fingerprint density at radius 3 is 2.75 bits per heavy atom. The molecule has 0 aliphatic heterocycles. The number of nitrogens with one attached hydrogen (secondary N) is 1. The number of fused-ring (bicyclic) bond motifs is 2. The van der Waals surface area contributed by atoms with Gasteiger partial charge in [-0.15, -0.1) is 0 Å². The Morgan fingerprint density at radius 2 is 2.10 bits per heavy atom. The van der Waals surface area contributed by atoms with E-state index in [1.165, 1.54) is 19.3 Å². The van der Waals surface area contributed by atoms with Gasteiger partial charge in [0.2, 0.25) is 5.91 Å². The van der Waals surface area contributed by atoms with Crippen molar-refractivity contribution in [3.63, 3.8) is 0 Å². The van der Waals surface area contributed by atoms with Crippen molar-refractivity contribution in [2.45, 2.75) is 31.7 Å². The van der Waals surface area contributed by atoms with Crippen LogP contribution in [0.1, 0.15) is 31.2 Å². The molecule has 0 saturated heterocycles. The molecule has 1 aromatic rings. The van der Waals surface area contributed by atoms with Crippen molar-refractivity contribution in [1.29, 1.82) is 0 Å². The highest BCUT2D eigenvalue weighted by atomic mass is 35.5. The van der Waals surface area contributed by atoms with Crippen molar-refractivity contribution in [2.75, 3.05) is 0 Å². The van der Waals surface area contributed by atoms with Gasteiger partial charge in [-0.3, -0.25) is 4.79 Å². The van der Waals surface area contributed by atoms with E-state index in [0.29, 0.717) is 22.0 Å². The van der Waals surface area contributed by atoms with Gasteiger partial charge in [0.1, 0.15) is 0 Å². The zero-order valence-electron chi connectivity index (χ0n) is 11.1. The van der Waals surface area contributed by atoms with E-state index in [0.717, 1.165) is 17.9 Å². The molecule has 3 rings (SSSR count). The molecule has 0 unspecified atom stereocenters. The van der Waals surface area contributed by atoms with Crippen molar-refractivity contribution in [1.82, 2.24) is 5.32 Å². The number of benzene rings is 1. The lowest BCUT2D eigenvalue weighted by Gasteiger charge is -2.22. The summed E-state index contributed by atoms with van der Waals surface area (Å²) in [6.07, 6.45) is 8.33. The summed E-state index contributed by atoms with van der Waals surface area (Å²) >= 11 is 11.9. The van der Waals surface area contributed by atoms with Gasteiger partial charge in [0.05, 0.1) is 0 Å². The standard InChI is InChI=1S/C16H17Cl2NO/c17-13-5-3-11(14(18)9-13)4-6-16(20)19-15-8-10-1-2-12(15)7-10/h3-6,9-10,12,15H,1-2,7-8H2,(H,19,20)/b6-4+/t10-,12-,15-/m0/s1. The predicted octanol–water partition coefficient (Wildman–Crippen LogP) is 4.31. The minimum Gasteiger partial charge on any atom is -0.350 e. The van der Waals surface area contributed by atoms with Crippen LogP contribution in [-0.4, -0.2) is 11.9 Å². The predicted molar refractivity (Wildman–Crippen MR) is 82.9 cm³/mol. The fourth-order valence-electron chi connectivity index (χ4n) is 3.45. The maximum atomic E-state index is 12.0. The van der Waals surface area contributed by atoms with Gasteiger partial charge in [0, 0.05) is 22.2 Å². The van der Waals surface area contributed by atoms with Crippen molar-refractivity contribution in [3.05, 3.63) is 39.9 Å². The van der Waals surface area contributed by atoms with Crippen molar-refractivity contribution >= 4 is 35.2 Å². The largest absolute Gasteiger partial charge is 0.350 e. The number of hydrogen-bond acceptors (Lipinski definition) is 1. The molecule has 1 N–H and O–H groups in total. The van der Waals surface area contributed by atoms with Crippen LogP contribution in [0, 0.1) is 11.8 Å². The zero-order valence-corrected chi connectivity index (χ0v) is 12.6. The molecule has 4 heteroatoms. The van der Waals surface area contributed by atoms with E-state index in [9.17, 15) is 4.79 Å². The lowest BCUT2D eigenvalue weighted by molar-refractivity contribution is -0.117. The van der Waals surface area contributed by atoms with Crippen molar-refractivity contribution in [3.8, 4) is 0 Å². The van der Waals surface area contributed by atoms with Crippen LogP contribution in [0.2, 0.25) is 10.0 Å². The smallest absolute Gasteiger partial charge is 0.244 e. The van der Waals surface area contributed by atoms with Gasteiger partial charge >= 0.3 is 0 Å². The van der Waals surface area contributed by atoms with Gasteiger partial charge in [-0.2, -0.15) is 0 Å². The average Bonchev–Trinajstić information content (AvgIpc) is 3.00. The monoisotopic (exact) mass is 309 g/mol. The molecule has 0 aromatic heterocycles. The second-order valence-electron chi connectivity index (χ2n) is 5.79. The summed E-state index contributed by atoms with van der Waals surface area (Å²) < 4.78 is 0. The highest BCUT2D eigenvalue weighted by Gasteiger charge is 2.39. The zero-order chi connectivity index (χ0) is 14.1. The third-order valence-electron chi connectivity index (χ3n) is 4.44. The van der Waals surface area contributed by atoms with Gasteiger partial charge in [0.25, 0.3) is 0 Å². The van der Waals surface area contributed by atoms with E-state index < -0.39 is 0 Å². The normalized spacial score (nSPS) is 28.2. The molecule has 0 heterocycles. The fourth-order valence-corrected chi connectivity index (χ4v) is 3.93. The SMILES string of the molecule is O=C(/C=C/c1ccc(Cl)cc1Cl)N[C@H]1C[C@H]2CC[C@H]1C2. The van der Waals surface area contributed by atoms with Crippen LogP contribution in [-0.2, 0) is 4.79 Å². The van der Waals surface area contributed by atoms with Gasteiger partial charge in [0.15, 0.2) is 0 Å². The molecule has 1 amide bonds. The number of amides is 1. The summed E-state index contributed by atoms with van der Waals surface area (Å²) in [6.45, 7) is 0. The topological polar surface area (TPSA) is 29.1 Å². The maximum Gasteiger partial charge on any atom is 0.244 e. The maximum absolute atomic E-state index is 12.0. The first-order valence-electron chi connectivity index (χ1n) is 7.05. The summed E-state index contributed by atoms with van der Waals surface area (Å²) in [5, 5.41) is 4.27. The van der Waals surface area contributed by atoms with E-state index in [2.05, 4.69) is 5.32 Å². The Hall–Kier alpha value is -0.990. The Morgan fingerprint density at radius 1 is 1.25 bits per heavy atom. The summed E-state index contributed by atoms with van der Waals surface area (Å²) in [5.41, 5.74) is 0.805. The van der Waals surface area contributed by atoms with Crippen molar-refractivity contribution in [2.24, 2.45) is 11.8 Å². The molecule has 0 radical (unpaired) electrons. The number of carbonyl (C=O) groups is 1. The minimum absolute atomic E-state index is 0.0337. The van der Waals surface area contributed by atoms with Gasteiger partial charge in [-0.1, -0.05) is 35.7 Å². The molecule has 20 heavy (non-hydrogen) atoms. The number of halogens is 2. The molecule has 2 aliphatic rings. The Balaban J connectivity index is 1.59. The lowest BCUT2D eigenvalue weighted by atomic mass is 9.95. The molecule has 3 atom stereocenters. The molecule has 106 valence electrons. The average molecular weight is 310 g/mol. The molecular formula is C16H17Cl2NO. The Kier molecular flexibility index (Phi) is 4.04. The first-order chi connectivity index (χ1) is 9.61. The van der Waals surface area contributed by atoms with Crippen molar-refractivity contribution < 1.29 is 4.79 Å². The first kappa shape index (κ1) is 14.0. The van der Waals surface area contributed by atoms with Crippen LogP contribution in [0.4, 0.5) is 0 Å². The Labute approximate surface area is 129 Å². The van der Waals surface area contributed by atoms with Gasteiger partial charge in [-0.25, -0.2) is 0 Å². The highest BCUT2D eigenvalue weighted by molar-refractivity contribution is 6.35. The second-order valence-corrected chi connectivity index (χ2v) is 6.63. The molecular weight excluding hydrogens is 293 g/mol. The summed E-state index contributed by atoms with van der Waals surface area (Å²) in [5.74, 6) is 1.49. The van der Waals surface area contributed by atoms with Crippen LogP contribution >= 0.6 is 23.2 Å². The summed E-state index contributed by atoms with van der Waals surface area (Å²) in [4.78, 5) is 12.0. The van der Waals surface area contributed by atoms with E-state index in [-0.39, 0.29) is 5.91 Å². The molecule has 1 aromatic carbocycles. The van der Waals surface area contributed by atoms with Crippen LogP contribution in [0.25, 0.3) is 6.08 Å². The molecule has 2 saturated carbocycles. The van der Waals surface area contributed by atoms with Crippen LogP contribution in [0.15, 0.2) is 24.3 Å². The molecule has 0 spiro atoms. The van der Waals surface area contributed by atoms with Crippen LogP contribution in [0.3, 0.4) is 0 Å². The molecule has 2 nitrogen and oxygen atoms in total. The third-order valence-corrected chi connectivity index (χ3v) is 5.00. The first-order valence-corrected chi connectivity index (χ1v) is 7.81. The quantitative estimate of drug-likeness (QED) is 0.828. The molecule has 2 bridgehead atoms. The molecule has 2 aliphatic carbocycles. The number of hydrogen-bond donors (Lipinski definition) is 1. The summed E-state index contributed by atoms with van der Waals surface area (Å²) in [6, 6.07) is 5.62. The third kappa shape index (κ3) is 3.02. The number of rotatable bonds is 3. The highest BCUT2D eigenvalue weighted by Crippen LogP contribution is 2.44. The van der Waals surface area contributed by atoms with Crippen LogP contribution < -0.4 is 5.32 Å². The van der Waals surface area contributed by atoms with Gasteiger partial charge in [-0.05, 0) is 54.9 Å².